The van der Waals surface area contributed by atoms with E-state index in [1.54, 1.807) is 12.1 Å². The van der Waals surface area contributed by atoms with Crippen LogP contribution in [0, 0.1) is 10.1 Å². The summed E-state index contributed by atoms with van der Waals surface area (Å²) in [5, 5.41) is 10.4. The number of nitrogens with zero attached hydrogens (tertiary/aromatic N) is 2. The van der Waals surface area contributed by atoms with E-state index in [0.29, 0.717) is 17.9 Å². The van der Waals surface area contributed by atoms with Crippen molar-refractivity contribution in [3.8, 4) is 0 Å². The maximum atomic E-state index is 11.6. The van der Waals surface area contributed by atoms with Gasteiger partial charge in [0.1, 0.15) is 0 Å². The molecule has 1 aliphatic rings. The second-order valence-electron chi connectivity index (χ2n) is 3.95. The number of non-ortho nitro benzene ring substituents is 1. The summed E-state index contributed by atoms with van der Waals surface area (Å²) in [5.74, 6) is 0.695. The molecule has 0 aromatic heterocycles. The summed E-state index contributed by atoms with van der Waals surface area (Å²) in [6.45, 7) is 0.441. The summed E-state index contributed by atoms with van der Waals surface area (Å²) < 4.78 is 24.6. The fraction of sp³-hybridized carbons (Fsp3) is 0.400. The summed E-state index contributed by atoms with van der Waals surface area (Å²) in [6.07, 6.45) is 1.16. The summed E-state index contributed by atoms with van der Waals surface area (Å²) >= 11 is 1.48. The number of hydrogen-bond acceptors (Lipinski definition) is 5. The van der Waals surface area contributed by atoms with Gasteiger partial charge in [-0.05, 0) is 5.56 Å². The molecule has 1 aromatic carbocycles. The van der Waals surface area contributed by atoms with Crippen molar-refractivity contribution in [2.75, 3.05) is 18.6 Å². The highest BCUT2D eigenvalue weighted by Gasteiger charge is 2.33. The predicted octanol–water partition coefficient (Wildman–Crippen LogP) is 1.60. The van der Waals surface area contributed by atoms with Gasteiger partial charge in [-0.25, -0.2) is 8.42 Å². The van der Waals surface area contributed by atoms with E-state index in [-0.39, 0.29) is 11.1 Å². The summed E-state index contributed by atoms with van der Waals surface area (Å²) in [5.41, 5.74) is 0.630. The minimum absolute atomic E-state index is 0.0200. The lowest BCUT2D eigenvalue weighted by Crippen LogP contribution is -2.29. The number of sulfonamides is 1. The fourth-order valence-corrected chi connectivity index (χ4v) is 4.64. The van der Waals surface area contributed by atoms with Crippen molar-refractivity contribution in [2.24, 2.45) is 0 Å². The minimum Gasteiger partial charge on any atom is -0.258 e. The fourth-order valence-electron chi connectivity index (χ4n) is 1.85. The first kappa shape index (κ1) is 13.3. The lowest BCUT2D eigenvalue weighted by molar-refractivity contribution is -0.384. The van der Waals surface area contributed by atoms with E-state index in [1.807, 2.05) is 0 Å². The zero-order valence-electron chi connectivity index (χ0n) is 9.64. The number of nitro benzene ring substituents is 1. The van der Waals surface area contributed by atoms with Gasteiger partial charge >= 0.3 is 0 Å². The van der Waals surface area contributed by atoms with Crippen LogP contribution < -0.4 is 0 Å². The molecular formula is C10H12N2O4S2. The van der Waals surface area contributed by atoms with Crippen molar-refractivity contribution in [3.63, 3.8) is 0 Å². The van der Waals surface area contributed by atoms with E-state index in [0.717, 1.165) is 6.26 Å². The van der Waals surface area contributed by atoms with Crippen molar-refractivity contribution < 1.29 is 13.3 Å². The molecule has 98 valence electrons. The zero-order chi connectivity index (χ0) is 13.3. The van der Waals surface area contributed by atoms with E-state index >= 15 is 0 Å². The van der Waals surface area contributed by atoms with Gasteiger partial charge in [0.05, 0.1) is 16.6 Å². The number of rotatable bonds is 3. The highest BCUT2D eigenvalue weighted by molar-refractivity contribution is 8.00. The molecule has 0 amide bonds. The minimum atomic E-state index is -3.29. The zero-order valence-corrected chi connectivity index (χ0v) is 11.3. The summed E-state index contributed by atoms with van der Waals surface area (Å²) in [6, 6.07) is 6.12. The summed E-state index contributed by atoms with van der Waals surface area (Å²) in [4.78, 5) is 10.2. The second kappa shape index (κ2) is 4.87. The van der Waals surface area contributed by atoms with Crippen LogP contribution in [0.25, 0.3) is 0 Å². The predicted molar refractivity (Wildman–Crippen MR) is 69.8 cm³/mol. The van der Waals surface area contributed by atoms with E-state index in [2.05, 4.69) is 0 Å². The van der Waals surface area contributed by atoms with Gasteiger partial charge < -0.3 is 0 Å². The van der Waals surface area contributed by atoms with Crippen LogP contribution in [0.1, 0.15) is 10.9 Å². The Labute approximate surface area is 109 Å². The van der Waals surface area contributed by atoms with Gasteiger partial charge in [0.15, 0.2) is 0 Å². The molecule has 1 aliphatic heterocycles. The Morgan fingerprint density at radius 3 is 2.83 bits per heavy atom. The van der Waals surface area contributed by atoms with Crippen LogP contribution in [0.15, 0.2) is 24.3 Å². The molecule has 18 heavy (non-hydrogen) atoms. The van der Waals surface area contributed by atoms with Crippen molar-refractivity contribution in [3.05, 3.63) is 39.9 Å². The number of nitro groups is 1. The van der Waals surface area contributed by atoms with E-state index in [9.17, 15) is 18.5 Å². The monoisotopic (exact) mass is 288 g/mol. The smallest absolute Gasteiger partial charge is 0.258 e. The number of benzene rings is 1. The molecule has 1 saturated heterocycles. The highest BCUT2D eigenvalue weighted by Crippen LogP contribution is 2.40. The molecule has 1 heterocycles. The van der Waals surface area contributed by atoms with Gasteiger partial charge in [0, 0.05) is 24.4 Å². The molecule has 8 heteroatoms. The molecule has 1 unspecified atom stereocenters. The second-order valence-corrected chi connectivity index (χ2v) is 7.07. The largest absolute Gasteiger partial charge is 0.269 e. The van der Waals surface area contributed by atoms with Gasteiger partial charge in [-0.3, -0.25) is 10.1 Å². The van der Waals surface area contributed by atoms with Gasteiger partial charge in [0.2, 0.25) is 10.0 Å². The molecule has 1 atom stereocenters. The van der Waals surface area contributed by atoms with Crippen molar-refractivity contribution >= 4 is 27.5 Å². The van der Waals surface area contributed by atoms with Crippen molar-refractivity contribution in [1.82, 2.24) is 4.31 Å². The molecule has 1 aromatic rings. The molecule has 0 N–H and O–H groups in total. The van der Waals surface area contributed by atoms with Crippen LogP contribution in [0.2, 0.25) is 0 Å². The Hall–Kier alpha value is -1.12. The Kier molecular flexibility index (Phi) is 3.60. The maximum Gasteiger partial charge on any atom is 0.269 e. The average Bonchev–Trinajstić information content (AvgIpc) is 2.77. The van der Waals surface area contributed by atoms with Crippen LogP contribution in [-0.2, 0) is 10.0 Å². The maximum absolute atomic E-state index is 11.6. The SMILES string of the molecule is CS(=O)(=O)N1CCSC1c1cccc([N+](=O)[O-])c1. The third-order valence-electron chi connectivity index (χ3n) is 2.64. The van der Waals surface area contributed by atoms with Crippen LogP contribution in [0.4, 0.5) is 5.69 Å². The molecule has 0 spiro atoms. The standard InChI is InChI=1S/C10H12N2O4S2/c1-18(15,16)11-5-6-17-10(11)8-3-2-4-9(7-8)12(13)14/h2-4,7,10H,5-6H2,1H3. The first-order valence-corrected chi connectivity index (χ1v) is 8.12. The molecule has 1 fully saturated rings. The van der Waals surface area contributed by atoms with E-state index in [4.69, 9.17) is 0 Å². The molecule has 0 saturated carbocycles. The van der Waals surface area contributed by atoms with E-state index < -0.39 is 14.9 Å². The number of hydrogen-bond donors (Lipinski definition) is 0. The Balaban J connectivity index is 2.36. The molecule has 6 nitrogen and oxygen atoms in total. The molecule has 2 rings (SSSR count). The van der Waals surface area contributed by atoms with Gasteiger partial charge in [-0.1, -0.05) is 12.1 Å². The third-order valence-corrected chi connectivity index (χ3v) is 5.28. The van der Waals surface area contributed by atoms with Gasteiger partial charge in [-0.2, -0.15) is 4.31 Å². The highest BCUT2D eigenvalue weighted by atomic mass is 32.2. The average molecular weight is 288 g/mol. The topological polar surface area (TPSA) is 80.5 Å². The Morgan fingerprint density at radius 1 is 1.50 bits per heavy atom. The Morgan fingerprint density at radius 2 is 2.22 bits per heavy atom. The van der Waals surface area contributed by atoms with Crippen molar-refractivity contribution in [1.29, 1.82) is 0 Å². The first-order chi connectivity index (χ1) is 8.39. The molecule has 0 radical (unpaired) electrons. The lowest BCUT2D eigenvalue weighted by Gasteiger charge is -2.21. The van der Waals surface area contributed by atoms with Crippen molar-refractivity contribution in [2.45, 2.75) is 5.37 Å². The lowest BCUT2D eigenvalue weighted by atomic mass is 10.2. The van der Waals surface area contributed by atoms with Crippen LogP contribution in [-0.4, -0.2) is 36.2 Å². The van der Waals surface area contributed by atoms with E-state index in [1.165, 1.54) is 28.2 Å². The molecular weight excluding hydrogens is 276 g/mol. The summed E-state index contributed by atoms with van der Waals surface area (Å²) in [7, 11) is -3.29. The van der Waals surface area contributed by atoms with Gasteiger partial charge in [0.25, 0.3) is 5.69 Å². The number of thioether (sulfide) groups is 1. The van der Waals surface area contributed by atoms with Crippen LogP contribution in [0.3, 0.4) is 0 Å². The quantitative estimate of drug-likeness (QED) is 0.623. The molecule has 0 aliphatic carbocycles. The molecule has 0 bridgehead atoms. The Bertz CT molecular complexity index is 573. The first-order valence-electron chi connectivity index (χ1n) is 5.22. The van der Waals surface area contributed by atoms with Gasteiger partial charge in [-0.15, -0.1) is 11.8 Å². The van der Waals surface area contributed by atoms with Crippen LogP contribution >= 0.6 is 11.8 Å². The van der Waals surface area contributed by atoms with Crippen LogP contribution in [0.5, 0.6) is 0 Å². The third kappa shape index (κ3) is 2.65. The normalized spacial score (nSPS) is 21.1.